The fraction of sp³-hybridized carbons (Fsp3) is 0. The fourth-order valence-electron chi connectivity index (χ4n) is 1.71. The van der Waals surface area contributed by atoms with E-state index in [2.05, 4.69) is 5.10 Å². The average Bonchev–Trinajstić information content (AvgIpc) is 2.41. The summed E-state index contributed by atoms with van der Waals surface area (Å²) in [7, 11) is 0. The standard InChI is InChI=1S/C13H14N4O/c14-11-6-2-5-10(12(11)18)8-3-1-4-9(7-8)13(15)17-16/h1-7,18H,14,16H2,(H2,15,17). The van der Waals surface area contributed by atoms with Crippen LogP contribution in [0.4, 0.5) is 5.69 Å². The zero-order valence-electron chi connectivity index (χ0n) is 9.67. The van der Waals surface area contributed by atoms with Gasteiger partial charge in [-0.3, -0.25) is 0 Å². The van der Waals surface area contributed by atoms with E-state index in [1.165, 1.54) is 0 Å². The summed E-state index contributed by atoms with van der Waals surface area (Å²) in [5.41, 5.74) is 13.8. The first-order valence-electron chi connectivity index (χ1n) is 5.35. The monoisotopic (exact) mass is 242 g/mol. The molecule has 0 unspecified atom stereocenters. The molecule has 0 saturated carbocycles. The van der Waals surface area contributed by atoms with Crippen LogP contribution in [-0.2, 0) is 0 Å². The number of amidine groups is 1. The topological polar surface area (TPSA) is 111 Å². The lowest BCUT2D eigenvalue weighted by Crippen LogP contribution is -2.15. The van der Waals surface area contributed by atoms with Gasteiger partial charge in [-0.15, -0.1) is 0 Å². The van der Waals surface area contributed by atoms with Crippen LogP contribution in [0.1, 0.15) is 5.56 Å². The molecule has 0 bridgehead atoms. The molecule has 0 spiro atoms. The minimum Gasteiger partial charge on any atom is -0.505 e. The second kappa shape index (κ2) is 4.67. The lowest BCUT2D eigenvalue weighted by Gasteiger charge is -2.08. The summed E-state index contributed by atoms with van der Waals surface area (Å²) in [4.78, 5) is 0. The third kappa shape index (κ3) is 2.06. The zero-order valence-corrected chi connectivity index (χ0v) is 9.67. The molecule has 2 aromatic carbocycles. The summed E-state index contributed by atoms with van der Waals surface area (Å²) in [6.45, 7) is 0. The minimum atomic E-state index is 0.0536. The van der Waals surface area contributed by atoms with E-state index in [1.54, 1.807) is 30.3 Å². The van der Waals surface area contributed by atoms with Gasteiger partial charge in [0, 0.05) is 11.1 Å². The maximum atomic E-state index is 9.93. The maximum absolute atomic E-state index is 9.93. The molecule has 5 nitrogen and oxygen atoms in total. The highest BCUT2D eigenvalue weighted by atomic mass is 16.3. The fourth-order valence-corrected chi connectivity index (χ4v) is 1.71. The van der Waals surface area contributed by atoms with Crippen molar-refractivity contribution in [2.24, 2.45) is 16.7 Å². The van der Waals surface area contributed by atoms with Crippen molar-refractivity contribution in [3.63, 3.8) is 0 Å². The smallest absolute Gasteiger partial charge is 0.150 e. The van der Waals surface area contributed by atoms with Gasteiger partial charge in [0.25, 0.3) is 0 Å². The predicted octanol–water partition coefficient (Wildman–Crippen LogP) is 1.22. The number of hydrogen-bond acceptors (Lipinski definition) is 4. The summed E-state index contributed by atoms with van der Waals surface area (Å²) in [5.74, 6) is 5.43. The number of para-hydroxylation sites is 1. The number of aromatic hydroxyl groups is 1. The van der Waals surface area contributed by atoms with E-state index in [0.29, 0.717) is 16.8 Å². The molecular weight excluding hydrogens is 228 g/mol. The molecule has 0 aliphatic rings. The molecule has 0 aliphatic heterocycles. The quantitative estimate of drug-likeness (QED) is 0.158. The largest absolute Gasteiger partial charge is 0.505 e. The molecule has 0 atom stereocenters. The van der Waals surface area contributed by atoms with Gasteiger partial charge in [0.1, 0.15) is 11.6 Å². The number of anilines is 1. The van der Waals surface area contributed by atoms with Gasteiger partial charge in [-0.05, 0) is 17.7 Å². The Bertz CT molecular complexity index is 608. The number of rotatable bonds is 2. The summed E-state index contributed by atoms with van der Waals surface area (Å²) >= 11 is 0. The molecule has 0 aromatic heterocycles. The lowest BCUT2D eigenvalue weighted by molar-refractivity contribution is 0.480. The third-order valence-electron chi connectivity index (χ3n) is 2.68. The lowest BCUT2D eigenvalue weighted by atomic mass is 10.0. The van der Waals surface area contributed by atoms with Crippen molar-refractivity contribution in [3.05, 3.63) is 48.0 Å². The van der Waals surface area contributed by atoms with Crippen LogP contribution in [0.3, 0.4) is 0 Å². The Morgan fingerprint density at radius 3 is 2.56 bits per heavy atom. The number of phenolic OH excluding ortho intramolecular Hbond substituents is 1. The van der Waals surface area contributed by atoms with E-state index in [1.807, 2.05) is 12.1 Å². The first-order valence-corrected chi connectivity index (χ1v) is 5.35. The molecule has 0 fully saturated rings. The highest BCUT2D eigenvalue weighted by molar-refractivity contribution is 5.98. The number of phenols is 1. The first-order chi connectivity index (χ1) is 8.63. The van der Waals surface area contributed by atoms with E-state index >= 15 is 0 Å². The van der Waals surface area contributed by atoms with Crippen LogP contribution in [0.5, 0.6) is 5.75 Å². The van der Waals surface area contributed by atoms with E-state index in [4.69, 9.17) is 17.3 Å². The second-order valence-corrected chi connectivity index (χ2v) is 3.84. The van der Waals surface area contributed by atoms with Gasteiger partial charge in [0.2, 0.25) is 0 Å². The average molecular weight is 242 g/mol. The first kappa shape index (κ1) is 11.8. The third-order valence-corrected chi connectivity index (χ3v) is 2.68. The van der Waals surface area contributed by atoms with Gasteiger partial charge >= 0.3 is 0 Å². The molecule has 7 N–H and O–H groups in total. The summed E-state index contributed by atoms with van der Waals surface area (Å²) in [6, 6.07) is 12.4. The van der Waals surface area contributed by atoms with Crippen LogP contribution in [0.2, 0.25) is 0 Å². The molecule has 2 rings (SSSR count). The Labute approximate surface area is 105 Å². The molecule has 18 heavy (non-hydrogen) atoms. The van der Waals surface area contributed by atoms with Gasteiger partial charge in [0.05, 0.1) is 5.69 Å². The van der Waals surface area contributed by atoms with Gasteiger partial charge in [-0.25, -0.2) is 0 Å². The van der Waals surface area contributed by atoms with E-state index in [0.717, 1.165) is 5.56 Å². The van der Waals surface area contributed by atoms with Crippen molar-refractivity contribution in [1.29, 1.82) is 0 Å². The Hall–Kier alpha value is -2.69. The SMILES string of the molecule is N/N=C(\N)c1cccc(-c2cccc(N)c2O)c1. The molecule has 0 saturated heterocycles. The van der Waals surface area contributed by atoms with Crippen molar-refractivity contribution >= 4 is 11.5 Å². The Kier molecular flexibility index (Phi) is 3.05. The Morgan fingerprint density at radius 2 is 1.83 bits per heavy atom. The van der Waals surface area contributed by atoms with Gasteiger partial charge < -0.3 is 22.4 Å². The molecular formula is C13H14N4O. The minimum absolute atomic E-state index is 0.0536. The summed E-state index contributed by atoms with van der Waals surface area (Å²) in [6.07, 6.45) is 0. The van der Waals surface area contributed by atoms with Crippen molar-refractivity contribution < 1.29 is 5.11 Å². The van der Waals surface area contributed by atoms with Crippen LogP contribution >= 0.6 is 0 Å². The van der Waals surface area contributed by atoms with E-state index in [9.17, 15) is 5.11 Å². The van der Waals surface area contributed by atoms with Crippen LogP contribution < -0.4 is 17.3 Å². The highest BCUT2D eigenvalue weighted by Gasteiger charge is 2.08. The van der Waals surface area contributed by atoms with Crippen LogP contribution in [0.25, 0.3) is 11.1 Å². The number of nitrogen functional groups attached to an aromatic ring is 1. The van der Waals surface area contributed by atoms with Crippen molar-refractivity contribution in [2.45, 2.75) is 0 Å². The Morgan fingerprint density at radius 1 is 1.11 bits per heavy atom. The number of nitrogens with zero attached hydrogens (tertiary/aromatic N) is 1. The second-order valence-electron chi connectivity index (χ2n) is 3.84. The number of benzene rings is 2. The maximum Gasteiger partial charge on any atom is 0.150 e. The van der Waals surface area contributed by atoms with Crippen LogP contribution in [0, 0.1) is 0 Å². The molecule has 2 aromatic rings. The van der Waals surface area contributed by atoms with Gasteiger partial charge in [0.15, 0.2) is 0 Å². The van der Waals surface area contributed by atoms with E-state index < -0.39 is 0 Å². The molecule has 0 radical (unpaired) electrons. The molecule has 5 heteroatoms. The normalized spacial score (nSPS) is 11.4. The zero-order chi connectivity index (χ0) is 13.1. The van der Waals surface area contributed by atoms with Gasteiger partial charge in [-0.1, -0.05) is 30.3 Å². The summed E-state index contributed by atoms with van der Waals surface area (Å²) in [5, 5.41) is 13.4. The Balaban J connectivity index is 2.55. The molecule has 0 heterocycles. The molecule has 0 aliphatic carbocycles. The van der Waals surface area contributed by atoms with Crippen molar-refractivity contribution in [2.75, 3.05) is 5.73 Å². The molecule has 92 valence electrons. The van der Waals surface area contributed by atoms with Crippen LogP contribution in [0.15, 0.2) is 47.6 Å². The number of nitrogens with two attached hydrogens (primary N) is 3. The molecule has 0 amide bonds. The van der Waals surface area contributed by atoms with Gasteiger partial charge in [-0.2, -0.15) is 5.10 Å². The van der Waals surface area contributed by atoms with Crippen molar-refractivity contribution in [1.82, 2.24) is 0 Å². The van der Waals surface area contributed by atoms with E-state index in [-0.39, 0.29) is 11.6 Å². The predicted molar refractivity (Wildman–Crippen MR) is 72.9 cm³/mol. The number of hydrazone groups is 1. The van der Waals surface area contributed by atoms with Crippen molar-refractivity contribution in [3.8, 4) is 16.9 Å². The highest BCUT2D eigenvalue weighted by Crippen LogP contribution is 2.33. The van der Waals surface area contributed by atoms with Crippen LogP contribution in [-0.4, -0.2) is 10.9 Å². The number of hydrogen-bond donors (Lipinski definition) is 4. The summed E-state index contributed by atoms with van der Waals surface area (Å²) < 4.78 is 0.